The van der Waals surface area contributed by atoms with E-state index in [1.165, 1.54) is 12.1 Å². The molecule has 0 spiro atoms. The van der Waals surface area contributed by atoms with Gasteiger partial charge in [-0.3, -0.25) is 4.79 Å². The number of nitrogens with zero attached hydrogens (tertiary/aromatic N) is 1. The number of para-hydroxylation sites is 2. The molecular weight excluding hydrogens is 413 g/mol. The first-order chi connectivity index (χ1) is 15.5. The first-order valence-corrected chi connectivity index (χ1v) is 10.2. The van der Waals surface area contributed by atoms with Gasteiger partial charge in [0.05, 0.1) is 6.61 Å². The van der Waals surface area contributed by atoms with E-state index in [0.717, 1.165) is 17.2 Å². The number of carbonyl (C=O) groups is 2. The zero-order chi connectivity index (χ0) is 22.9. The predicted octanol–water partition coefficient (Wildman–Crippen LogP) is 4.53. The van der Waals surface area contributed by atoms with Gasteiger partial charge in [-0.1, -0.05) is 54.6 Å². The molecule has 0 aliphatic rings. The summed E-state index contributed by atoms with van der Waals surface area (Å²) in [6.45, 7) is 2.40. The van der Waals surface area contributed by atoms with Gasteiger partial charge in [0, 0.05) is 18.7 Å². The molecule has 3 rings (SSSR count). The van der Waals surface area contributed by atoms with Crippen molar-refractivity contribution < 1.29 is 28.6 Å². The molecular formula is C25H24FNO5. The summed E-state index contributed by atoms with van der Waals surface area (Å²) in [5.74, 6) is -2.38. The molecule has 3 aromatic rings. The van der Waals surface area contributed by atoms with E-state index in [2.05, 4.69) is 0 Å². The van der Waals surface area contributed by atoms with E-state index >= 15 is 0 Å². The van der Waals surface area contributed by atoms with Crippen molar-refractivity contribution in [2.45, 2.75) is 20.0 Å². The van der Waals surface area contributed by atoms with E-state index < -0.39 is 30.1 Å². The van der Waals surface area contributed by atoms with Crippen LogP contribution in [0.3, 0.4) is 0 Å². The minimum Gasteiger partial charge on any atom is -0.494 e. The molecule has 0 aliphatic heterocycles. The smallest absolute Gasteiger partial charge is 0.339 e. The second-order valence-electron chi connectivity index (χ2n) is 6.99. The van der Waals surface area contributed by atoms with Crippen LogP contribution in [-0.4, -0.2) is 35.1 Å². The maximum atomic E-state index is 14.2. The van der Waals surface area contributed by atoms with Crippen molar-refractivity contribution in [1.82, 2.24) is 4.90 Å². The topological polar surface area (TPSA) is 76.1 Å². The molecule has 32 heavy (non-hydrogen) atoms. The second kappa shape index (κ2) is 10.9. The number of aromatic carboxylic acids is 1. The molecule has 0 saturated carbocycles. The van der Waals surface area contributed by atoms with Gasteiger partial charge < -0.3 is 19.5 Å². The first kappa shape index (κ1) is 22.8. The predicted molar refractivity (Wildman–Crippen MR) is 117 cm³/mol. The summed E-state index contributed by atoms with van der Waals surface area (Å²) >= 11 is 0. The lowest BCUT2D eigenvalue weighted by Crippen LogP contribution is -2.34. The Labute approximate surface area is 185 Å². The molecule has 0 unspecified atom stereocenters. The highest BCUT2D eigenvalue weighted by atomic mass is 19.1. The van der Waals surface area contributed by atoms with Crippen LogP contribution in [0.15, 0.2) is 72.8 Å². The summed E-state index contributed by atoms with van der Waals surface area (Å²) in [5, 5.41) is 9.28. The monoisotopic (exact) mass is 437 g/mol. The molecule has 7 heteroatoms. The number of hydrogen-bond donors (Lipinski definition) is 1. The molecule has 1 amide bonds. The van der Waals surface area contributed by atoms with Crippen molar-refractivity contribution in [2.75, 3.05) is 13.2 Å². The zero-order valence-corrected chi connectivity index (χ0v) is 17.7. The van der Waals surface area contributed by atoms with Gasteiger partial charge >= 0.3 is 5.97 Å². The highest BCUT2D eigenvalue weighted by Gasteiger charge is 2.21. The highest BCUT2D eigenvalue weighted by molar-refractivity contribution is 5.91. The van der Waals surface area contributed by atoms with Crippen LogP contribution < -0.4 is 9.47 Å². The number of rotatable bonds is 10. The molecule has 0 atom stereocenters. The van der Waals surface area contributed by atoms with E-state index in [1.54, 1.807) is 4.90 Å². The maximum absolute atomic E-state index is 14.2. The van der Waals surface area contributed by atoms with Crippen LogP contribution in [0.25, 0.3) is 0 Å². The van der Waals surface area contributed by atoms with Gasteiger partial charge in [-0.25, -0.2) is 9.18 Å². The summed E-state index contributed by atoms with van der Waals surface area (Å²) in [4.78, 5) is 26.0. The molecule has 0 heterocycles. The maximum Gasteiger partial charge on any atom is 0.339 e. The van der Waals surface area contributed by atoms with E-state index in [0.29, 0.717) is 18.9 Å². The summed E-state index contributed by atoms with van der Waals surface area (Å²) in [6.07, 6.45) is 0. The van der Waals surface area contributed by atoms with Crippen LogP contribution in [0.2, 0.25) is 0 Å². The second-order valence-corrected chi connectivity index (χ2v) is 6.99. The molecule has 0 fully saturated rings. The van der Waals surface area contributed by atoms with Crippen molar-refractivity contribution in [1.29, 1.82) is 0 Å². The Bertz CT molecular complexity index is 1070. The summed E-state index contributed by atoms with van der Waals surface area (Å²) in [6, 6.07) is 20.4. The molecule has 0 aromatic heterocycles. The Morgan fingerprint density at radius 2 is 1.62 bits per heavy atom. The van der Waals surface area contributed by atoms with Crippen molar-refractivity contribution in [3.8, 4) is 11.5 Å². The number of carbonyl (C=O) groups excluding carboxylic acids is 1. The molecule has 0 saturated heterocycles. The molecule has 6 nitrogen and oxygen atoms in total. The van der Waals surface area contributed by atoms with Gasteiger partial charge in [0.15, 0.2) is 18.2 Å². The molecule has 0 radical (unpaired) electrons. The van der Waals surface area contributed by atoms with E-state index in [9.17, 15) is 19.1 Å². The van der Waals surface area contributed by atoms with Gasteiger partial charge in [-0.15, -0.1) is 0 Å². The number of amides is 1. The van der Waals surface area contributed by atoms with Gasteiger partial charge in [-0.2, -0.15) is 0 Å². The minimum atomic E-state index is -1.33. The van der Waals surface area contributed by atoms with Gasteiger partial charge in [0.2, 0.25) is 0 Å². The third-order valence-electron chi connectivity index (χ3n) is 4.74. The third-order valence-corrected chi connectivity index (χ3v) is 4.74. The lowest BCUT2D eigenvalue weighted by Gasteiger charge is -2.24. The largest absolute Gasteiger partial charge is 0.494 e. The molecule has 3 aromatic carbocycles. The van der Waals surface area contributed by atoms with E-state index in [-0.39, 0.29) is 12.1 Å². The summed E-state index contributed by atoms with van der Waals surface area (Å²) in [5.41, 5.74) is 1.39. The van der Waals surface area contributed by atoms with Crippen molar-refractivity contribution in [2.24, 2.45) is 0 Å². The zero-order valence-electron chi connectivity index (χ0n) is 17.7. The minimum absolute atomic E-state index is 0.246. The third kappa shape index (κ3) is 5.85. The van der Waals surface area contributed by atoms with Crippen molar-refractivity contribution >= 4 is 11.9 Å². The first-order valence-electron chi connectivity index (χ1n) is 10.2. The van der Waals surface area contributed by atoms with E-state index in [1.807, 2.05) is 61.5 Å². The van der Waals surface area contributed by atoms with Gasteiger partial charge in [-0.05, 0) is 30.7 Å². The Hall–Kier alpha value is -3.87. The number of hydrogen-bond acceptors (Lipinski definition) is 4. The lowest BCUT2D eigenvalue weighted by atomic mass is 10.1. The molecule has 166 valence electrons. The van der Waals surface area contributed by atoms with Crippen LogP contribution in [0.5, 0.6) is 11.5 Å². The normalized spacial score (nSPS) is 10.4. The fraction of sp³-hybridized carbons (Fsp3) is 0.200. The van der Waals surface area contributed by atoms with Gasteiger partial charge in [0.1, 0.15) is 11.3 Å². The van der Waals surface area contributed by atoms with Crippen LogP contribution in [0.4, 0.5) is 4.39 Å². The van der Waals surface area contributed by atoms with Crippen molar-refractivity contribution in [3.05, 3.63) is 95.3 Å². The van der Waals surface area contributed by atoms with Crippen LogP contribution >= 0.6 is 0 Å². The average Bonchev–Trinajstić information content (AvgIpc) is 2.79. The lowest BCUT2D eigenvalue weighted by molar-refractivity contribution is -0.134. The van der Waals surface area contributed by atoms with Crippen LogP contribution in [0, 0.1) is 5.82 Å². The van der Waals surface area contributed by atoms with E-state index in [4.69, 9.17) is 9.47 Å². The fourth-order valence-corrected chi connectivity index (χ4v) is 3.22. The number of ether oxygens (including phenoxy) is 2. The van der Waals surface area contributed by atoms with Crippen molar-refractivity contribution in [3.63, 3.8) is 0 Å². The SMILES string of the molecule is CCOc1ccccc1CN(Cc1ccccc1)C(=O)COc1c(F)cccc1C(=O)O. The Kier molecular flexibility index (Phi) is 7.80. The number of carboxylic acid groups (broad SMARTS) is 1. The standard InChI is InChI=1S/C25H24FNO5/c1-2-31-22-14-7-6-11-19(22)16-27(15-18-9-4-3-5-10-18)23(28)17-32-24-20(25(29)30)12-8-13-21(24)26/h3-14H,2,15-17H2,1H3,(H,29,30). The van der Waals surface area contributed by atoms with Gasteiger partial charge in [0.25, 0.3) is 5.91 Å². The molecule has 1 N–H and O–H groups in total. The Balaban J connectivity index is 1.82. The number of halogens is 1. The quantitative estimate of drug-likeness (QED) is 0.504. The summed E-state index contributed by atoms with van der Waals surface area (Å²) < 4.78 is 25.2. The Morgan fingerprint density at radius 3 is 2.34 bits per heavy atom. The Morgan fingerprint density at radius 1 is 0.906 bits per heavy atom. The number of benzene rings is 3. The van der Waals surface area contributed by atoms with Crippen LogP contribution in [0.1, 0.15) is 28.4 Å². The van der Waals surface area contributed by atoms with Crippen LogP contribution in [-0.2, 0) is 17.9 Å². The average molecular weight is 437 g/mol. The summed E-state index contributed by atoms with van der Waals surface area (Å²) in [7, 11) is 0. The molecule has 0 bridgehead atoms. The fourth-order valence-electron chi connectivity index (χ4n) is 3.22. The highest BCUT2D eigenvalue weighted by Crippen LogP contribution is 2.24. The number of carboxylic acids is 1. The molecule has 0 aliphatic carbocycles.